The number of aromatic nitrogens is 2. The zero-order chi connectivity index (χ0) is 15.6. The Morgan fingerprint density at radius 2 is 2.10 bits per heavy atom. The van der Waals surface area contributed by atoms with Gasteiger partial charge in [-0.15, -0.1) is 11.6 Å². The van der Waals surface area contributed by atoms with Crippen molar-refractivity contribution in [2.45, 2.75) is 32.7 Å². The first-order valence-corrected chi connectivity index (χ1v) is 7.76. The molecule has 2 rings (SSSR count). The van der Waals surface area contributed by atoms with Gasteiger partial charge in [-0.3, -0.25) is 4.79 Å². The summed E-state index contributed by atoms with van der Waals surface area (Å²) < 4.78 is 1.83. The van der Waals surface area contributed by atoms with Crippen LogP contribution in [0.5, 0.6) is 0 Å². The van der Waals surface area contributed by atoms with Gasteiger partial charge in [0.25, 0.3) is 0 Å². The van der Waals surface area contributed by atoms with E-state index in [0.717, 1.165) is 11.0 Å². The van der Waals surface area contributed by atoms with E-state index in [1.54, 1.807) is 6.07 Å². The summed E-state index contributed by atoms with van der Waals surface area (Å²) >= 11 is 12.2. The van der Waals surface area contributed by atoms with Crippen molar-refractivity contribution in [2.75, 3.05) is 6.54 Å². The fraction of sp³-hybridized carbons (Fsp3) is 0.467. The van der Waals surface area contributed by atoms with Crippen LogP contribution in [0, 0.1) is 5.92 Å². The molecule has 1 N–H and O–H groups in total. The summed E-state index contributed by atoms with van der Waals surface area (Å²) in [7, 11) is 0. The number of imidazole rings is 1. The summed E-state index contributed by atoms with van der Waals surface area (Å²) in [6.07, 6.45) is 0. The minimum Gasteiger partial charge on any atom is -0.354 e. The van der Waals surface area contributed by atoms with E-state index >= 15 is 0 Å². The highest BCUT2D eigenvalue weighted by atomic mass is 35.5. The third-order valence-corrected chi connectivity index (χ3v) is 3.54. The Labute approximate surface area is 134 Å². The molecule has 1 amide bonds. The quantitative estimate of drug-likeness (QED) is 0.850. The third kappa shape index (κ3) is 3.89. The van der Waals surface area contributed by atoms with E-state index in [0.29, 0.717) is 23.3 Å². The molecule has 1 aromatic heterocycles. The van der Waals surface area contributed by atoms with Crippen LogP contribution in [0.4, 0.5) is 0 Å². The minimum atomic E-state index is -0.283. The molecule has 1 aromatic carbocycles. The lowest BCUT2D eigenvalue weighted by atomic mass is 10.2. The number of halogens is 2. The van der Waals surface area contributed by atoms with E-state index in [1.165, 1.54) is 0 Å². The van der Waals surface area contributed by atoms with Gasteiger partial charge in [0.15, 0.2) is 0 Å². The molecule has 0 radical (unpaired) electrons. The smallest absolute Gasteiger partial charge is 0.240 e. The summed E-state index contributed by atoms with van der Waals surface area (Å²) in [4.78, 5) is 16.6. The van der Waals surface area contributed by atoms with Crippen LogP contribution in [0.2, 0.25) is 5.02 Å². The zero-order valence-electron chi connectivity index (χ0n) is 12.4. The molecule has 0 fully saturated rings. The fourth-order valence-electron chi connectivity index (χ4n) is 2.10. The minimum absolute atomic E-state index is 0.0541. The van der Waals surface area contributed by atoms with Crippen molar-refractivity contribution >= 4 is 40.1 Å². The highest BCUT2D eigenvalue weighted by Crippen LogP contribution is 2.26. The van der Waals surface area contributed by atoms with Crippen molar-refractivity contribution in [1.29, 1.82) is 0 Å². The Kier molecular flexibility index (Phi) is 5.12. The molecule has 0 spiro atoms. The molecule has 21 heavy (non-hydrogen) atoms. The molecule has 0 saturated carbocycles. The Morgan fingerprint density at radius 1 is 1.38 bits per heavy atom. The predicted octanol–water partition coefficient (Wildman–Crippen LogP) is 3.76. The number of amides is 1. The Bertz CT molecular complexity index is 650. The van der Waals surface area contributed by atoms with Crippen molar-refractivity contribution in [1.82, 2.24) is 14.9 Å². The molecule has 1 atom stereocenters. The molecule has 1 heterocycles. The summed E-state index contributed by atoms with van der Waals surface area (Å²) in [6.45, 7) is 6.79. The Balaban J connectivity index is 2.33. The molecular weight excluding hydrogens is 309 g/mol. The maximum absolute atomic E-state index is 12.1. The first-order valence-electron chi connectivity index (χ1n) is 6.95. The van der Waals surface area contributed by atoms with Crippen molar-refractivity contribution in [2.24, 2.45) is 5.92 Å². The molecule has 0 saturated heterocycles. The van der Waals surface area contributed by atoms with E-state index in [4.69, 9.17) is 23.2 Å². The number of benzene rings is 1. The SMILES string of the molecule is CC(C)CNC(=O)Cn1c(C(C)Cl)nc2ccc(Cl)cc21. The van der Waals surface area contributed by atoms with Gasteiger partial charge in [-0.05, 0) is 31.0 Å². The number of nitrogens with zero attached hydrogens (tertiary/aromatic N) is 2. The largest absolute Gasteiger partial charge is 0.354 e. The van der Waals surface area contributed by atoms with Crippen LogP contribution in [0.15, 0.2) is 18.2 Å². The molecular formula is C15H19Cl2N3O. The maximum Gasteiger partial charge on any atom is 0.240 e. The van der Waals surface area contributed by atoms with Crippen LogP contribution in [0.25, 0.3) is 11.0 Å². The predicted molar refractivity (Wildman–Crippen MR) is 86.9 cm³/mol. The number of fused-ring (bicyclic) bond motifs is 1. The van der Waals surface area contributed by atoms with Crippen LogP contribution < -0.4 is 5.32 Å². The van der Waals surface area contributed by atoms with Crippen molar-refractivity contribution in [3.8, 4) is 0 Å². The van der Waals surface area contributed by atoms with Gasteiger partial charge in [0.05, 0.1) is 16.4 Å². The van der Waals surface area contributed by atoms with E-state index in [-0.39, 0.29) is 17.8 Å². The van der Waals surface area contributed by atoms with Gasteiger partial charge in [0.2, 0.25) is 5.91 Å². The number of carbonyl (C=O) groups excluding carboxylic acids is 1. The normalized spacial score (nSPS) is 12.9. The van der Waals surface area contributed by atoms with Crippen LogP contribution in [0.1, 0.15) is 32.0 Å². The summed E-state index contributed by atoms with van der Waals surface area (Å²) in [6, 6.07) is 5.42. The number of nitrogens with one attached hydrogen (secondary N) is 1. The second-order valence-electron chi connectivity index (χ2n) is 5.50. The fourth-order valence-corrected chi connectivity index (χ4v) is 2.43. The molecule has 114 valence electrons. The molecule has 0 aliphatic rings. The lowest BCUT2D eigenvalue weighted by molar-refractivity contribution is -0.121. The van der Waals surface area contributed by atoms with Gasteiger partial charge in [-0.1, -0.05) is 25.4 Å². The summed E-state index contributed by atoms with van der Waals surface area (Å²) in [5.41, 5.74) is 1.61. The number of hydrogen-bond donors (Lipinski definition) is 1. The molecule has 6 heteroatoms. The highest BCUT2D eigenvalue weighted by molar-refractivity contribution is 6.31. The average molecular weight is 328 g/mol. The van der Waals surface area contributed by atoms with E-state index in [2.05, 4.69) is 24.1 Å². The average Bonchev–Trinajstić information content (AvgIpc) is 2.75. The molecule has 2 aromatic rings. The van der Waals surface area contributed by atoms with Gasteiger partial charge in [0.1, 0.15) is 12.4 Å². The van der Waals surface area contributed by atoms with E-state index in [9.17, 15) is 4.79 Å². The number of carbonyl (C=O) groups is 1. The van der Waals surface area contributed by atoms with Gasteiger partial charge in [-0.25, -0.2) is 4.98 Å². The highest BCUT2D eigenvalue weighted by Gasteiger charge is 2.17. The van der Waals surface area contributed by atoms with E-state index in [1.807, 2.05) is 23.6 Å². The lowest BCUT2D eigenvalue weighted by Gasteiger charge is -2.12. The topological polar surface area (TPSA) is 46.9 Å². The maximum atomic E-state index is 12.1. The first-order chi connectivity index (χ1) is 9.88. The van der Waals surface area contributed by atoms with Gasteiger partial charge < -0.3 is 9.88 Å². The van der Waals surface area contributed by atoms with E-state index < -0.39 is 0 Å². The number of alkyl halides is 1. The number of hydrogen-bond acceptors (Lipinski definition) is 2. The standard InChI is InChI=1S/C15H19Cl2N3O/c1-9(2)7-18-14(21)8-20-13-6-11(17)4-5-12(13)19-15(20)10(3)16/h4-6,9-10H,7-8H2,1-3H3,(H,18,21). The lowest BCUT2D eigenvalue weighted by Crippen LogP contribution is -2.31. The van der Waals surface area contributed by atoms with Gasteiger partial charge in [-0.2, -0.15) is 0 Å². The first kappa shape index (κ1) is 16.1. The molecule has 0 bridgehead atoms. The molecule has 4 nitrogen and oxygen atoms in total. The Morgan fingerprint density at radius 3 is 2.71 bits per heavy atom. The second kappa shape index (κ2) is 6.67. The molecule has 0 aliphatic heterocycles. The Hall–Kier alpha value is -1.26. The molecule has 0 aliphatic carbocycles. The monoisotopic (exact) mass is 327 g/mol. The second-order valence-corrected chi connectivity index (χ2v) is 6.59. The van der Waals surface area contributed by atoms with Gasteiger partial charge in [0, 0.05) is 11.6 Å². The summed E-state index contributed by atoms with van der Waals surface area (Å²) in [5, 5.41) is 3.23. The van der Waals surface area contributed by atoms with Gasteiger partial charge >= 0.3 is 0 Å². The zero-order valence-corrected chi connectivity index (χ0v) is 13.9. The van der Waals surface area contributed by atoms with Crippen molar-refractivity contribution in [3.63, 3.8) is 0 Å². The third-order valence-electron chi connectivity index (χ3n) is 3.10. The van der Waals surface area contributed by atoms with Crippen molar-refractivity contribution < 1.29 is 4.79 Å². The molecule has 1 unspecified atom stereocenters. The van der Waals surface area contributed by atoms with Crippen LogP contribution in [-0.4, -0.2) is 22.0 Å². The van der Waals surface area contributed by atoms with Crippen LogP contribution in [0.3, 0.4) is 0 Å². The summed E-state index contributed by atoms with van der Waals surface area (Å²) in [5.74, 6) is 1.03. The van der Waals surface area contributed by atoms with Crippen molar-refractivity contribution in [3.05, 3.63) is 29.0 Å². The number of rotatable bonds is 5. The van der Waals surface area contributed by atoms with Crippen LogP contribution in [-0.2, 0) is 11.3 Å². The van der Waals surface area contributed by atoms with Crippen LogP contribution >= 0.6 is 23.2 Å².